The average Bonchev–Trinajstić information content (AvgIpc) is 3.20. The lowest BCUT2D eigenvalue weighted by atomic mass is 9.80. The smallest absolute Gasteiger partial charge is 0.277 e. The SMILES string of the molecule is [C-]#[N+]C1C(c2cccc(OC)c2)=Nc2[nH]ncc2C1c1ccccc1[N+](=O)[O-]. The van der Waals surface area contributed by atoms with Crippen molar-refractivity contribution in [2.24, 2.45) is 4.99 Å². The molecule has 4 rings (SSSR count). The zero-order chi connectivity index (χ0) is 19.7. The Morgan fingerprint density at radius 2 is 2.04 bits per heavy atom. The normalized spacial score (nSPS) is 17.9. The van der Waals surface area contributed by atoms with Crippen LogP contribution in [0.15, 0.2) is 59.7 Å². The minimum absolute atomic E-state index is 0.0276. The number of benzene rings is 2. The standard InChI is InChI=1S/C20H15N5O3/c1-21-19-17(14-8-3-4-9-16(14)25(26)27)15-11-22-24-20(15)23-18(19)12-6-5-7-13(10-12)28-2/h3-11,17,19H,2H3,(H,22,24). The molecule has 0 bridgehead atoms. The summed E-state index contributed by atoms with van der Waals surface area (Å²) in [6.45, 7) is 7.84. The van der Waals surface area contributed by atoms with Crippen molar-refractivity contribution in [3.63, 3.8) is 0 Å². The quantitative estimate of drug-likeness (QED) is 0.426. The lowest BCUT2D eigenvalue weighted by molar-refractivity contribution is -0.385. The average molecular weight is 373 g/mol. The Bertz CT molecular complexity index is 1130. The minimum atomic E-state index is -0.738. The third kappa shape index (κ3) is 2.79. The van der Waals surface area contributed by atoms with Gasteiger partial charge >= 0.3 is 0 Å². The topological polar surface area (TPSA) is 97.8 Å². The molecule has 2 atom stereocenters. The molecular weight excluding hydrogens is 358 g/mol. The number of ether oxygens (including phenoxy) is 1. The molecule has 8 nitrogen and oxygen atoms in total. The Labute approximate surface area is 160 Å². The summed E-state index contributed by atoms with van der Waals surface area (Å²) in [5, 5.41) is 18.5. The van der Waals surface area contributed by atoms with Crippen LogP contribution in [0.3, 0.4) is 0 Å². The number of rotatable bonds is 4. The van der Waals surface area contributed by atoms with E-state index in [1.165, 1.54) is 6.07 Å². The lowest BCUT2D eigenvalue weighted by Crippen LogP contribution is -2.30. The highest BCUT2D eigenvalue weighted by molar-refractivity contribution is 6.09. The Kier molecular flexibility index (Phi) is 4.33. The van der Waals surface area contributed by atoms with E-state index in [0.29, 0.717) is 28.4 Å². The molecule has 1 N–H and O–H groups in total. The van der Waals surface area contributed by atoms with Gasteiger partial charge in [0, 0.05) is 22.8 Å². The molecule has 0 saturated carbocycles. The van der Waals surface area contributed by atoms with Crippen molar-refractivity contribution >= 4 is 17.2 Å². The number of methoxy groups -OCH3 is 1. The van der Waals surface area contributed by atoms with Crippen molar-refractivity contribution in [2.75, 3.05) is 7.11 Å². The van der Waals surface area contributed by atoms with E-state index >= 15 is 0 Å². The van der Waals surface area contributed by atoms with Gasteiger partial charge in [0.2, 0.25) is 0 Å². The van der Waals surface area contributed by atoms with Crippen LogP contribution < -0.4 is 4.74 Å². The van der Waals surface area contributed by atoms with Gasteiger partial charge in [-0.1, -0.05) is 30.3 Å². The molecule has 0 aliphatic carbocycles. The van der Waals surface area contributed by atoms with Crippen LogP contribution in [0, 0.1) is 16.7 Å². The number of aliphatic imine (C=N–C) groups is 1. The number of nitro groups is 1. The molecule has 8 heteroatoms. The number of nitro benzene ring substituents is 1. The number of hydrogen-bond donors (Lipinski definition) is 1. The van der Waals surface area contributed by atoms with Crippen LogP contribution in [-0.4, -0.2) is 34.0 Å². The highest BCUT2D eigenvalue weighted by Crippen LogP contribution is 2.43. The third-order valence-electron chi connectivity index (χ3n) is 4.78. The summed E-state index contributed by atoms with van der Waals surface area (Å²) < 4.78 is 5.29. The van der Waals surface area contributed by atoms with Crippen LogP contribution in [0.4, 0.5) is 11.5 Å². The number of H-pyrrole nitrogens is 1. The third-order valence-corrected chi connectivity index (χ3v) is 4.78. The fraction of sp³-hybridized carbons (Fsp3) is 0.150. The van der Waals surface area contributed by atoms with Gasteiger partial charge in [-0.2, -0.15) is 5.10 Å². The molecule has 138 valence electrons. The van der Waals surface area contributed by atoms with Crippen LogP contribution >= 0.6 is 0 Å². The maximum absolute atomic E-state index is 11.6. The molecule has 1 aliphatic heterocycles. The second kappa shape index (κ2) is 6.96. The molecule has 0 fully saturated rings. The molecule has 2 aromatic carbocycles. The first kappa shape index (κ1) is 17.4. The summed E-state index contributed by atoms with van der Waals surface area (Å²) in [5.41, 5.74) is 2.35. The van der Waals surface area contributed by atoms with Gasteiger partial charge in [0.25, 0.3) is 11.7 Å². The van der Waals surface area contributed by atoms with E-state index in [1.54, 1.807) is 43.6 Å². The van der Waals surface area contributed by atoms with Gasteiger partial charge in [-0.05, 0) is 12.1 Å². The van der Waals surface area contributed by atoms with E-state index in [9.17, 15) is 10.1 Å². The molecule has 2 heterocycles. The predicted octanol–water partition coefficient (Wildman–Crippen LogP) is 3.88. The Morgan fingerprint density at radius 1 is 1.21 bits per heavy atom. The molecule has 0 radical (unpaired) electrons. The van der Waals surface area contributed by atoms with E-state index in [0.717, 1.165) is 5.56 Å². The highest BCUT2D eigenvalue weighted by Gasteiger charge is 2.43. The van der Waals surface area contributed by atoms with E-state index in [-0.39, 0.29) is 5.69 Å². The molecule has 28 heavy (non-hydrogen) atoms. The van der Waals surface area contributed by atoms with E-state index in [2.05, 4.69) is 20.0 Å². The minimum Gasteiger partial charge on any atom is -0.497 e. The number of nitrogens with zero attached hydrogens (tertiary/aromatic N) is 4. The van der Waals surface area contributed by atoms with Crippen molar-refractivity contribution in [3.8, 4) is 5.75 Å². The van der Waals surface area contributed by atoms with Gasteiger partial charge < -0.3 is 9.58 Å². The van der Waals surface area contributed by atoms with Crippen molar-refractivity contribution in [1.82, 2.24) is 10.2 Å². The van der Waals surface area contributed by atoms with Gasteiger partial charge in [-0.25, -0.2) is 11.6 Å². The van der Waals surface area contributed by atoms with Crippen LogP contribution in [-0.2, 0) is 0 Å². The number of hydrogen-bond acceptors (Lipinski definition) is 5. The largest absolute Gasteiger partial charge is 0.497 e. The van der Waals surface area contributed by atoms with Crippen molar-refractivity contribution < 1.29 is 9.66 Å². The summed E-state index contributed by atoms with van der Waals surface area (Å²) in [6, 6.07) is 13.0. The summed E-state index contributed by atoms with van der Waals surface area (Å²) >= 11 is 0. The maximum atomic E-state index is 11.6. The van der Waals surface area contributed by atoms with Crippen molar-refractivity contribution in [3.05, 3.63) is 92.9 Å². The van der Waals surface area contributed by atoms with Crippen molar-refractivity contribution in [1.29, 1.82) is 0 Å². The van der Waals surface area contributed by atoms with Crippen LogP contribution in [0.25, 0.3) is 4.85 Å². The first-order valence-electron chi connectivity index (χ1n) is 8.50. The number of para-hydroxylation sites is 1. The van der Waals surface area contributed by atoms with Gasteiger partial charge in [0.1, 0.15) is 17.4 Å². The van der Waals surface area contributed by atoms with E-state index in [4.69, 9.17) is 11.3 Å². The molecular formula is C20H15N5O3. The van der Waals surface area contributed by atoms with Gasteiger partial charge in [-0.15, -0.1) is 0 Å². The summed E-state index contributed by atoms with van der Waals surface area (Å²) in [7, 11) is 1.57. The first-order valence-corrected chi connectivity index (χ1v) is 8.50. The lowest BCUT2D eigenvalue weighted by Gasteiger charge is -2.24. The number of aromatic nitrogens is 2. The maximum Gasteiger partial charge on any atom is 0.277 e. The molecule has 0 saturated heterocycles. The fourth-order valence-corrected chi connectivity index (χ4v) is 3.53. The Morgan fingerprint density at radius 3 is 2.79 bits per heavy atom. The van der Waals surface area contributed by atoms with Crippen molar-refractivity contribution in [2.45, 2.75) is 12.0 Å². The number of fused-ring (bicyclic) bond motifs is 1. The van der Waals surface area contributed by atoms with Crippen LogP contribution in [0.1, 0.15) is 22.6 Å². The predicted molar refractivity (Wildman–Crippen MR) is 103 cm³/mol. The fourth-order valence-electron chi connectivity index (χ4n) is 3.53. The molecule has 2 unspecified atom stereocenters. The first-order chi connectivity index (χ1) is 13.6. The second-order valence-corrected chi connectivity index (χ2v) is 6.27. The number of aromatic amines is 1. The summed E-state index contributed by atoms with van der Waals surface area (Å²) in [4.78, 5) is 19.6. The van der Waals surface area contributed by atoms with Gasteiger partial charge in [-0.3, -0.25) is 15.2 Å². The second-order valence-electron chi connectivity index (χ2n) is 6.27. The van der Waals surface area contributed by atoms with Gasteiger partial charge in [0.05, 0.1) is 18.2 Å². The van der Waals surface area contributed by atoms with E-state index < -0.39 is 16.9 Å². The van der Waals surface area contributed by atoms with Gasteiger partial charge in [0.15, 0.2) is 5.82 Å². The molecule has 1 aliphatic rings. The number of nitrogens with one attached hydrogen (secondary N) is 1. The van der Waals surface area contributed by atoms with Crippen LogP contribution in [0.5, 0.6) is 5.75 Å². The Hall–Kier alpha value is -3.99. The molecule has 3 aromatic rings. The van der Waals surface area contributed by atoms with E-state index in [1.807, 2.05) is 12.1 Å². The van der Waals surface area contributed by atoms with Crippen LogP contribution in [0.2, 0.25) is 0 Å². The highest BCUT2D eigenvalue weighted by atomic mass is 16.6. The molecule has 1 aromatic heterocycles. The summed E-state index contributed by atoms with van der Waals surface area (Å²) in [6.07, 6.45) is 1.58. The summed E-state index contributed by atoms with van der Waals surface area (Å²) in [5.74, 6) is 0.578. The zero-order valence-electron chi connectivity index (χ0n) is 14.9. The molecule has 0 amide bonds. The molecule has 0 spiro atoms. The Balaban J connectivity index is 1.93. The monoisotopic (exact) mass is 373 g/mol. The zero-order valence-corrected chi connectivity index (χ0v) is 14.9.